The minimum absolute atomic E-state index is 0.179. The van der Waals surface area contributed by atoms with Crippen molar-refractivity contribution < 1.29 is 14.7 Å². The number of carboxylic acid groups (broad SMARTS) is 1. The molecule has 0 aromatic carbocycles. The van der Waals surface area contributed by atoms with Gasteiger partial charge < -0.3 is 21.9 Å². The van der Waals surface area contributed by atoms with Crippen LogP contribution >= 0.6 is 0 Å². The number of nitrogens with zero attached hydrogens (tertiary/aromatic N) is 3. The summed E-state index contributed by atoms with van der Waals surface area (Å²) in [5.41, 5.74) is 19.0. The molecule has 9 heteroatoms. The van der Waals surface area contributed by atoms with Gasteiger partial charge in [0.25, 0.3) is 0 Å². The van der Waals surface area contributed by atoms with Gasteiger partial charge in [-0.2, -0.15) is 0 Å². The van der Waals surface area contributed by atoms with Gasteiger partial charge in [-0.3, -0.25) is 9.59 Å². The van der Waals surface area contributed by atoms with E-state index in [1.54, 1.807) is 0 Å². The van der Waals surface area contributed by atoms with E-state index in [1.807, 2.05) is 0 Å². The van der Waals surface area contributed by atoms with Crippen LogP contribution in [0.15, 0.2) is 5.11 Å². The fraction of sp³-hybridized carbons (Fsp3) is 0.800. The Balaban J connectivity index is 3.62. The number of carboxylic acids is 1. The van der Waals surface area contributed by atoms with Crippen LogP contribution in [-0.2, 0) is 9.59 Å². The van der Waals surface area contributed by atoms with Crippen LogP contribution < -0.4 is 16.8 Å². The Kier molecular flexibility index (Phi) is 9.15. The van der Waals surface area contributed by atoms with E-state index in [0.717, 1.165) is 0 Å². The smallest absolute Gasteiger partial charge is 0.320 e. The Hall–Kier alpha value is -1.83. The third-order valence-electron chi connectivity index (χ3n) is 2.50. The Bertz CT molecular complexity index is 342. The lowest BCUT2D eigenvalue weighted by Crippen LogP contribution is -2.41. The average Bonchev–Trinajstić information content (AvgIpc) is 2.37. The summed E-state index contributed by atoms with van der Waals surface area (Å²) in [6.45, 7) is 0.596. The van der Waals surface area contributed by atoms with E-state index >= 15 is 0 Å². The Labute approximate surface area is 111 Å². The van der Waals surface area contributed by atoms with E-state index in [4.69, 9.17) is 22.1 Å². The number of unbranched alkanes of at least 4 members (excludes halogenated alkanes) is 1. The van der Waals surface area contributed by atoms with Crippen LogP contribution in [0.1, 0.15) is 25.7 Å². The van der Waals surface area contributed by atoms with Crippen LogP contribution in [0.3, 0.4) is 0 Å². The summed E-state index contributed by atoms with van der Waals surface area (Å²) in [5, 5.41) is 14.5. The molecule has 0 aromatic heterocycles. The summed E-state index contributed by atoms with van der Waals surface area (Å²) in [7, 11) is 0. The van der Waals surface area contributed by atoms with E-state index in [2.05, 4.69) is 15.3 Å². The van der Waals surface area contributed by atoms with Gasteiger partial charge in [0.1, 0.15) is 6.04 Å². The fourth-order valence-electron chi connectivity index (χ4n) is 1.33. The lowest BCUT2D eigenvalue weighted by molar-refractivity contribution is -0.138. The minimum Gasteiger partial charge on any atom is -0.480 e. The van der Waals surface area contributed by atoms with E-state index < -0.39 is 18.1 Å². The van der Waals surface area contributed by atoms with Gasteiger partial charge in [0.2, 0.25) is 5.91 Å². The molecule has 0 spiro atoms. The molecular weight excluding hydrogens is 252 g/mol. The molecule has 0 aliphatic rings. The standard InChI is InChI=1S/C10H20N6O3/c11-7(4-6-15-16-13)9(17)14-5-2-1-3-8(12)10(18)19/h7-8H,1-6,11-12H2,(H,14,17)(H,18,19). The number of carbonyl (C=O) groups excluding carboxylic acids is 1. The number of hydrogen-bond donors (Lipinski definition) is 4. The first-order valence-electron chi connectivity index (χ1n) is 6.01. The van der Waals surface area contributed by atoms with Crippen molar-refractivity contribution in [2.24, 2.45) is 16.6 Å². The SMILES string of the molecule is [N-]=[N+]=NCCC(N)C(=O)NCCCCC(N)C(=O)O. The van der Waals surface area contributed by atoms with Crippen molar-refractivity contribution in [3.05, 3.63) is 10.4 Å². The van der Waals surface area contributed by atoms with Gasteiger partial charge in [0, 0.05) is 18.0 Å². The summed E-state index contributed by atoms with van der Waals surface area (Å²) in [6, 6.07) is -1.56. The molecule has 0 heterocycles. The fourth-order valence-corrected chi connectivity index (χ4v) is 1.33. The van der Waals surface area contributed by atoms with Crippen molar-refractivity contribution in [1.29, 1.82) is 0 Å². The highest BCUT2D eigenvalue weighted by molar-refractivity contribution is 5.81. The van der Waals surface area contributed by atoms with Gasteiger partial charge in [0.15, 0.2) is 0 Å². The van der Waals surface area contributed by atoms with Crippen molar-refractivity contribution in [2.75, 3.05) is 13.1 Å². The van der Waals surface area contributed by atoms with Crippen LogP contribution in [0.25, 0.3) is 10.4 Å². The number of azide groups is 1. The van der Waals surface area contributed by atoms with Crippen LogP contribution in [-0.4, -0.2) is 42.2 Å². The van der Waals surface area contributed by atoms with E-state index in [9.17, 15) is 9.59 Å². The van der Waals surface area contributed by atoms with E-state index in [0.29, 0.717) is 32.2 Å². The quantitative estimate of drug-likeness (QED) is 0.185. The average molecular weight is 272 g/mol. The van der Waals surface area contributed by atoms with Gasteiger partial charge in [-0.15, -0.1) is 0 Å². The monoisotopic (exact) mass is 272 g/mol. The molecule has 0 aliphatic carbocycles. The third kappa shape index (κ3) is 8.83. The predicted octanol–water partition coefficient (Wildman–Crippen LogP) is -0.287. The maximum atomic E-state index is 11.5. The Morgan fingerprint density at radius 2 is 1.95 bits per heavy atom. The second-order valence-electron chi connectivity index (χ2n) is 4.08. The zero-order valence-corrected chi connectivity index (χ0v) is 10.7. The van der Waals surface area contributed by atoms with Gasteiger partial charge in [-0.1, -0.05) is 5.11 Å². The number of aliphatic carboxylic acids is 1. The maximum Gasteiger partial charge on any atom is 0.320 e. The number of carbonyl (C=O) groups is 2. The first-order valence-corrected chi connectivity index (χ1v) is 6.01. The first-order chi connectivity index (χ1) is 8.99. The summed E-state index contributed by atoms with van der Waals surface area (Å²) < 4.78 is 0. The molecule has 0 fully saturated rings. The molecule has 2 atom stereocenters. The highest BCUT2D eigenvalue weighted by Gasteiger charge is 2.12. The summed E-state index contributed by atoms with van der Waals surface area (Å²) in [4.78, 5) is 24.5. The summed E-state index contributed by atoms with van der Waals surface area (Å²) >= 11 is 0. The molecule has 0 saturated heterocycles. The molecular formula is C10H20N6O3. The molecule has 1 amide bonds. The van der Waals surface area contributed by atoms with Crippen molar-refractivity contribution in [3.63, 3.8) is 0 Å². The third-order valence-corrected chi connectivity index (χ3v) is 2.50. The van der Waals surface area contributed by atoms with Gasteiger partial charge in [0.05, 0.1) is 6.04 Å². The summed E-state index contributed by atoms with van der Waals surface area (Å²) in [5.74, 6) is -1.33. The Morgan fingerprint density at radius 1 is 1.26 bits per heavy atom. The predicted molar refractivity (Wildman–Crippen MR) is 69.1 cm³/mol. The molecule has 0 bridgehead atoms. The second-order valence-corrected chi connectivity index (χ2v) is 4.08. The number of nitrogens with one attached hydrogen (secondary N) is 1. The van der Waals surface area contributed by atoms with E-state index in [-0.39, 0.29) is 12.5 Å². The second kappa shape index (κ2) is 10.1. The van der Waals surface area contributed by atoms with E-state index in [1.165, 1.54) is 0 Å². The molecule has 0 aliphatic heterocycles. The molecule has 0 aromatic rings. The van der Waals surface area contributed by atoms with Gasteiger partial charge in [-0.05, 0) is 31.2 Å². The molecule has 0 rings (SSSR count). The number of nitrogens with two attached hydrogens (primary N) is 2. The van der Waals surface area contributed by atoms with Crippen molar-refractivity contribution in [3.8, 4) is 0 Å². The topological polar surface area (TPSA) is 167 Å². The molecule has 108 valence electrons. The van der Waals surface area contributed by atoms with Crippen molar-refractivity contribution >= 4 is 11.9 Å². The van der Waals surface area contributed by atoms with Crippen LogP contribution in [0, 0.1) is 0 Å². The number of hydrogen-bond acceptors (Lipinski definition) is 5. The van der Waals surface area contributed by atoms with Crippen LogP contribution in [0.4, 0.5) is 0 Å². The number of amides is 1. The maximum absolute atomic E-state index is 11.5. The highest BCUT2D eigenvalue weighted by atomic mass is 16.4. The molecule has 19 heavy (non-hydrogen) atoms. The normalized spacial score (nSPS) is 13.2. The summed E-state index contributed by atoms with van der Waals surface area (Å²) in [6.07, 6.45) is 1.91. The lowest BCUT2D eigenvalue weighted by Gasteiger charge is -2.11. The zero-order valence-electron chi connectivity index (χ0n) is 10.7. The molecule has 0 saturated carbocycles. The zero-order chi connectivity index (χ0) is 14.7. The van der Waals surface area contributed by atoms with Crippen LogP contribution in [0.2, 0.25) is 0 Å². The molecule has 9 nitrogen and oxygen atoms in total. The Morgan fingerprint density at radius 3 is 2.53 bits per heavy atom. The largest absolute Gasteiger partial charge is 0.480 e. The minimum atomic E-state index is -1.02. The van der Waals surface area contributed by atoms with Gasteiger partial charge in [-0.25, -0.2) is 0 Å². The van der Waals surface area contributed by atoms with Gasteiger partial charge >= 0.3 is 5.97 Å². The lowest BCUT2D eigenvalue weighted by atomic mass is 10.1. The number of rotatable bonds is 10. The molecule has 0 radical (unpaired) electrons. The van der Waals surface area contributed by atoms with Crippen molar-refractivity contribution in [2.45, 2.75) is 37.8 Å². The highest BCUT2D eigenvalue weighted by Crippen LogP contribution is 1.98. The van der Waals surface area contributed by atoms with Crippen molar-refractivity contribution in [1.82, 2.24) is 5.32 Å². The van der Waals surface area contributed by atoms with Crippen LogP contribution in [0.5, 0.6) is 0 Å². The first kappa shape index (κ1) is 17.2. The molecule has 2 unspecified atom stereocenters. The molecule has 6 N–H and O–H groups in total.